The fourth-order valence-corrected chi connectivity index (χ4v) is 1.97. The van der Waals surface area contributed by atoms with Crippen molar-refractivity contribution in [3.8, 4) is 0 Å². The molecule has 0 aromatic carbocycles. The van der Waals surface area contributed by atoms with Gasteiger partial charge in [0.1, 0.15) is 5.88 Å². The van der Waals surface area contributed by atoms with Crippen LogP contribution in [0.2, 0.25) is 0 Å². The van der Waals surface area contributed by atoms with E-state index in [9.17, 15) is 4.79 Å². The van der Waals surface area contributed by atoms with Crippen LogP contribution in [0.3, 0.4) is 0 Å². The lowest BCUT2D eigenvalue weighted by molar-refractivity contribution is -0.130. The number of amides is 1. The largest absolute Gasteiger partial charge is 0.381 e. The van der Waals surface area contributed by atoms with Crippen LogP contribution in [0.4, 0.5) is 0 Å². The molecule has 1 atom stereocenters. The third-order valence-corrected chi connectivity index (χ3v) is 2.77. The summed E-state index contributed by atoms with van der Waals surface area (Å²) >= 11 is 5.51. The maximum atomic E-state index is 11.3. The summed E-state index contributed by atoms with van der Waals surface area (Å²) in [5.41, 5.74) is 0. The molecule has 0 saturated carbocycles. The SMILES string of the molecule is CCOC[C@@H]1CCCN(C(=O)CCl)C1. The van der Waals surface area contributed by atoms with Crippen LogP contribution in [0.5, 0.6) is 0 Å². The van der Waals surface area contributed by atoms with Gasteiger partial charge in [-0.1, -0.05) is 0 Å². The predicted molar refractivity (Wildman–Crippen MR) is 56.5 cm³/mol. The molecule has 1 fully saturated rings. The summed E-state index contributed by atoms with van der Waals surface area (Å²) in [6.07, 6.45) is 2.23. The van der Waals surface area contributed by atoms with Gasteiger partial charge in [0.05, 0.1) is 6.61 Å². The van der Waals surface area contributed by atoms with Crippen LogP contribution in [0, 0.1) is 5.92 Å². The first-order valence-corrected chi connectivity index (χ1v) is 5.72. The minimum atomic E-state index is 0.0489. The average Bonchev–Trinajstić information content (AvgIpc) is 2.25. The fourth-order valence-electron chi connectivity index (χ4n) is 1.80. The van der Waals surface area contributed by atoms with E-state index in [-0.39, 0.29) is 11.8 Å². The molecule has 14 heavy (non-hydrogen) atoms. The van der Waals surface area contributed by atoms with E-state index >= 15 is 0 Å². The van der Waals surface area contributed by atoms with Gasteiger partial charge in [0.2, 0.25) is 5.91 Å². The highest BCUT2D eigenvalue weighted by atomic mass is 35.5. The molecule has 1 heterocycles. The summed E-state index contributed by atoms with van der Waals surface area (Å²) in [7, 11) is 0. The van der Waals surface area contributed by atoms with E-state index in [1.54, 1.807) is 0 Å². The highest BCUT2D eigenvalue weighted by molar-refractivity contribution is 6.27. The topological polar surface area (TPSA) is 29.5 Å². The van der Waals surface area contributed by atoms with E-state index in [2.05, 4.69) is 0 Å². The second-order valence-electron chi connectivity index (χ2n) is 3.64. The van der Waals surface area contributed by atoms with Crippen molar-refractivity contribution >= 4 is 17.5 Å². The Kier molecular flexibility index (Phi) is 5.26. The molecule has 1 aliphatic rings. The van der Waals surface area contributed by atoms with Crippen molar-refractivity contribution in [2.24, 2.45) is 5.92 Å². The number of alkyl halides is 1. The first-order valence-electron chi connectivity index (χ1n) is 5.19. The van der Waals surface area contributed by atoms with Crippen LogP contribution in [0.25, 0.3) is 0 Å². The van der Waals surface area contributed by atoms with Crippen molar-refractivity contribution < 1.29 is 9.53 Å². The summed E-state index contributed by atoms with van der Waals surface area (Å²) in [6.45, 7) is 5.17. The number of carbonyl (C=O) groups excluding carboxylic acids is 1. The van der Waals surface area contributed by atoms with Crippen LogP contribution in [-0.2, 0) is 9.53 Å². The summed E-state index contributed by atoms with van der Waals surface area (Å²) in [5, 5.41) is 0. The van der Waals surface area contributed by atoms with Crippen molar-refractivity contribution in [1.82, 2.24) is 4.90 Å². The molecule has 4 heteroatoms. The molecule has 0 aromatic heterocycles. The number of ether oxygens (including phenoxy) is 1. The molecule has 82 valence electrons. The van der Waals surface area contributed by atoms with Gasteiger partial charge < -0.3 is 9.64 Å². The molecule has 0 N–H and O–H groups in total. The summed E-state index contributed by atoms with van der Waals surface area (Å²) in [6, 6.07) is 0. The Morgan fingerprint density at radius 2 is 2.43 bits per heavy atom. The lowest BCUT2D eigenvalue weighted by Crippen LogP contribution is -2.41. The van der Waals surface area contributed by atoms with Gasteiger partial charge in [-0.15, -0.1) is 11.6 Å². The van der Waals surface area contributed by atoms with E-state index in [4.69, 9.17) is 16.3 Å². The Morgan fingerprint density at radius 3 is 3.07 bits per heavy atom. The number of nitrogens with zero attached hydrogens (tertiary/aromatic N) is 1. The lowest BCUT2D eigenvalue weighted by Gasteiger charge is -2.32. The van der Waals surface area contributed by atoms with Gasteiger partial charge >= 0.3 is 0 Å². The highest BCUT2D eigenvalue weighted by Crippen LogP contribution is 2.16. The first kappa shape index (κ1) is 11.8. The smallest absolute Gasteiger partial charge is 0.237 e. The number of likely N-dealkylation sites (tertiary alicyclic amines) is 1. The predicted octanol–water partition coefficient (Wildman–Crippen LogP) is 1.50. The monoisotopic (exact) mass is 219 g/mol. The summed E-state index contributed by atoms with van der Waals surface area (Å²) in [5.74, 6) is 0.644. The molecule has 0 radical (unpaired) electrons. The van der Waals surface area contributed by atoms with Gasteiger partial charge in [0, 0.05) is 19.7 Å². The summed E-state index contributed by atoms with van der Waals surface area (Å²) < 4.78 is 5.36. The average molecular weight is 220 g/mol. The van der Waals surface area contributed by atoms with E-state index < -0.39 is 0 Å². The molecule has 1 aliphatic heterocycles. The first-order chi connectivity index (χ1) is 6.77. The minimum Gasteiger partial charge on any atom is -0.381 e. The van der Waals surface area contributed by atoms with Crippen LogP contribution in [0.15, 0.2) is 0 Å². The maximum Gasteiger partial charge on any atom is 0.237 e. The molecule has 3 nitrogen and oxygen atoms in total. The van der Waals surface area contributed by atoms with Gasteiger partial charge in [0.25, 0.3) is 0 Å². The maximum absolute atomic E-state index is 11.3. The molecular weight excluding hydrogens is 202 g/mol. The fraction of sp³-hybridized carbons (Fsp3) is 0.900. The highest BCUT2D eigenvalue weighted by Gasteiger charge is 2.22. The third kappa shape index (κ3) is 3.46. The van der Waals surface area contributed by atoms with Crippen LogP contribution >= 0.6 is 11.6 Å². The molecule has 1 amide bonds. The van der Waals surface area contributed by atoms with Crippen molar-refractivity contribution in [3.63, 3.8) is 0 Å². The van der Waals surface area contributed by atoms with E-state index in [0.717, 1.165) is 39.1 Å². The Bertz CT molecular complexity index is 187. The quantitative estimate of drug-likeness (QED) is 0.671. The molecule has 0 bridgehead atoms. The Balaban J connectivity index is 2.31. The Labute approximate surface area is 90.4 Å². The van der Waals surface area contributed by atoms with Crippen molar-refractivity contribution in [2.75, 3.05) is 32.2 Å². The lowest BCUT2D eigenvalue weighted by atomic mass is 9.99. The Hall–Kier alpha value is -0.280. The van der Waals surface area contributed by atoms with Gasteiger partial charge in [-0.05, 0) is 25.7 Å². The van der Waals surface area contributed by atoms with Crippen LogP contribution in [-0.4, -0.2) is 43.0 Å². The van der Waals surface area contributed by atoms with Gasteiger partial charge in [-0.2, -0.15) is 0 Å². The number of halogens is 1. The number of rotatable bonds is 4. The van der Waals surface area contributed by atoms with Gasteiger partial charge in [-0.3, -0.25) is 4.79 Å². The molecule has 1 rings (SSSR count). The standard InChI is InChI=1S/C10H18ClNO2/c1-2-14-8-9-4-3-5-12(7-9)10(13)6-11/h9H,2-8H2,1H3/t9-/m1/s1. The molecule has 0 spiro atoms. The van der Waals surface area contributed by atoms with Gasteiger partial charge in [0.15, 0.2) is 0 Å². The number of piperidine rings is 1. The van der Waals surface area contributed by atoms with Crippen LogP contribution < -0.4 is 0 Å². The minimum absolute atomic E-state index is 0.0489. The number of hydrogen-bond acceptors (Lipinski definition) is 2. The van der Waals surface area contributed by atoms with Crippen molar-refractivity contribution in [3.05, 3.63) is 0 Å². The zero-order chi connectivity index (χ0) is 10.4. The van der Waals surface area contributed by atoms with E-state index in [1.165, 1.54) is 0 Å². The molecule has 0 aromatic rings. The molecule has 0 unspecified atom stereocenters. The Morgan fingerprint density at radius 1 is 1.64 bits per heavy atom. The molecule has 0 aliphatic carbocycles. The molecule has 1 saturated heterocycles. The zero-order valence-corrected chi connectivity index (χ0v) is 9.42. The van der Waals surface area contributed by atoms with E-state index in [1.807, 2.05) is 11.8 Å². The second kappa shape index (κ2) is 6.25. The molecular formula is C10H18ClNO2. The third-order valence-electron chi connectivity index (χ3n) is 2.54. The summed E-state index contributed by atoms with van der Waals surface area (Å²) in [4.78, 5) is 13.2. The number of hydrogen-bond donors (Lipinski definition) is 0. The zero-order valence-electron chi connectivity index (χ0n) is 8.67. The van der Waals surface area contributed by atoms with Gasteiger partial charge in [-0.25, -0.2) is 0 Å². The van der Waals surface area contributed by atoms with Crippen molar-refractivity contribution in [2.45, 2.75) is 19.8 Å². The number of carbonyl (C=O) groups is 1. The van der Waals surface area contributed by atoms with E-state index in [0.29, 0.717) is 5.92 Å². The second-order valence-corrected chi connectivity index (χ2v) is 3.91. The van der Waals surface area contributed by atoms with Crippen LogP contribution in [0.1, 0.15) is 19.8 Å². The normalized spacial score (nSPS) is 22.4. The van der Waals surface area contributed by atoms with Crippen molar-refractivity contribution in [1.29, 1.82) is 0 Å².